The molecule has 1 aromatic heterocycles. The Morgan fingerprint density at radius 1 is 1.47 bits per heavy atom. The van der Waals surface area contributed by atoms with Crippen LogP contribution in [-0.2, 0) is 0 Å². The van der Waals surface area contributed by atoms with Gasteiger partial charge in [-0.25, -0.2) is 0 Å². The predicted molar refractivity (Wildman–Crippen MR) is 62.0 cm³/mol. The van der Waals surface area contributed by atoms with Crippen LogP contribution in [0.25, 0.3) is 0 Å². The van der Waals surface area contributed by atoms with Crippen molar-refractivity contribution in [1.29, 1.82) is 0 Å². The Kier molecular flexibility index (Phi) is 3.94. The Hall–Kier alpha value is -0.800. The highest BCUT2D eigenvalue weighted by molar-refractivity contribution is 5.11. The van der Waals surface area contributed by atoms with Crippen LogP contribution in [0.15, 0.2) is 23.0 Å². The second-order valence-electron chi connectivity index (χ2n) is 5.28. The van der Waals surface area contributed by atoms with Crippen molar-refractivity contribution in [2.24, 2.45) is 17.2 Å². The summed E-state index contributed by atoms with van der Waals surface area (Å²) in [4.78, 5) is 0. The second kappa shape index (κ2) is 4.81. The van der Waals surface area contributed by atoms with Gasteiger partial charge in [0.25, 0.3) is 0 Å². The van der Waals surface area contributed by atoms with Gasteiger partial charge in [-0.3, -0.25) is 11.3 Å². The SMILES string of the molecule is CC(CC(NN)c1ccoc1)C(C)(C)C. The van der Waals surface area contributed by atoms with Crippen LogP contribution in [0.3, 0.4) is 0 Å². The molecule has 0 saturated carbocycles. The van der Waals surface area contributed by atoms with E-state index in [-0.39, 0.29) is 6.04 Å². The number of rotatable bonds is 4. The fourth-order valence-electron chi connectivity index (χ4n) is 1.48. The predicted octanol–water partition coefficient (Wildman–Crippen LogP) is 2.86. The number of hydrogen-bond donors (Lipinski definition) is 2. The van der Waals surface area contributed by atoms with E-state index in [0.717, 1.165) is 12.0 Å². The lowest BCUT2D eigenvalue weighted by Gasteiger charge is -2.30. The zero-order valence-corrected chi connectivity index (χ0v) is 10.1. The molecule has 0 saturated heterocycles. The zero-order chi connectivity index (χ0) is 11.5. The van der Waals surface area contributed by atoms with Gasteiger partial charge in [-0.1, -0.05) is 27.7 Å². The third-order valence-corrected chi connectivity index (χ3v) is 3.21. The van der Waals surface area contributed by atoms with Crippen LogP contribution in [-0.4, -0.2) is 0 Å². The zero-order valence-electron chi connectivity index (χ0n) is 10.1. The van der Waals surface area contributed by atoms with Gasteiger partial charge in [-0.05, 0) is 23.8 Å². The summed E-state index contributed by atoms with van der Waals surface area (Å²) >= 11 is 0. The number of furan rings is 1. The Bertz CT molecular complexity index is 274. The average molecular weight is 210 g/mol. The van der Waals surface area contributed by atoms with E-state index in [4.69, 9.17) is 10.3 Å². The molecule has 0 bridgehead atoms. The number of nitrogens with one attached hydrogen (secondary N) is 1. The van der Waals surface area contributed by atoms with Crippen molar-refractivity contribution in [3.8, 4) is 0 Å². The largest absolute Gasteiger partial charge is 0.472 e. The molecule has 2 atom stereocenters. The molecule has 0 spiro atoms. The standard InChI is InChI=1S/C12H22N2O/c1-9(12(2,3)4)7-11(14-13)10-5-6-15-8-10/h5-6,8-9,11,14H,7,13H2,1-4H3. The van der Waals surface area contributed by atoms with Gasteiger partial charge in [0.2, 0.25) is 0 Å². The summed E-state index contributed by atoms with van der Waals surface area (Å²) in [5, 5.41) is 0. The number of nitrogens with two attached hydrogens (primary N) is 1. The maximum atomic E-state index is 5.56. The molecule has 1 heterocycles. The van der Waals surface area contributed by atoms with Gasteiger partial charge in [0.05, 0.1) is 12.5 Å². The van der Waals surface area contributed by atoms with E-state index in [2.05, 4.69) is 33.1 Å². The van der Waals surface area contributed by atoms with E-state index in [1.807, 2.05) is 6.07 Å². The van der Waals surface area contributed by atoms with Crippen molar-refractivity contribution in [2.45, 2.75) is 40.2 Å². The summed E-state index contributed by atoms with van der Waals surface area (Å²) in [6, 6.07) is 2.14. The van der Waals surface area contributed by atoms with Crippen molar-refractivity contribution >= 4 is 0 Å². The van der Waals surface area contributed by atoms with Gasteiger partial charge >= 0.3 is 0 Å². The molecule has 0 fully saturated rings. The molecule has 0 radical (unpaired) electrons. The molecular weight excluding hydrogens is 188 g/mol. The molecule has 15 heavy (non-hydrogen) atoms. The molecule has 0 aliphatic heterocycles. The first-order valence-corrected chi connectivity index (χ1v) is 5.43. The first-order valence-electron chi connectivity index (χ1n) is 5.43. The average Bonchev–Trinajstić information content (AvgIpc) is 2.64. The molecule has 3 N–H and O–H groups in total. The maximum absolute atomic E-state index is 5.56. The van der Waals surface area contributed by atoms with Crippen LogP contribution in [0.1, 0.15) is 45.7 Å². The lowest BCUT2D eigenvalue weighted by Crippen LogP contribution is -2.31. The van der Waals surface area contributed by atoms with E-state index in [1.165, 1.54) is 0 Å². The van der Waals surface area contributed by atoms with Gasteiger partial charge in [0, 0.05) is 11.6 Å². The quantitative estimate of drug-likeness (QED) is 0.593. The minimum atomic E-state index is 0.179. The lowest BCUT2D eigenvalue weighted by atomic mass is 9.78. The minimum Gasteiger partial charge on any atom is -0.472 e. The van der Waals surface area contributed by atoms with Crippen LogP contribution < -0.4 is 11.3 Å². The molecule has 0 aromatic carbocycles. The molecule has 1 rings (SSSR count). The highest BCUT2D eigenvalue weighted by Gasteiger charge is 2.24. The molecule has 3 nitrogen and oxygen atoms in total. The normalized spacial score (nSPS) is 16.3. The second-order valence-corrected chi connectivity index (χ2v) is 5.28. The first-order chi connectivity index (χ1) is 6.95. The summed E-state index contributed by atoms with van der Waals surface area (Å²) in [5.41, 5.74) is 4.27. The van der Waals surface area contributed by atoms with E-state index < -0.39 is 0 Å². The fourth-order valence-corrected chi connectivity index (χ4v) is 1.48. The summed E-state index contributed by atoms with van der Waals surface area (Å²) in [6.45, 7) is 9.01. The molecule has 86 valence electrons. The maximum Gasteiger partial charge on any atom is 0.0950 e. The van der Waals surface area contributed by atoms with Crippen LogP contribution in [0, 0.1) is 11.3 Å². The van der Waals surface area contributed by atoms with Crippen LogP contribution >= 0.6 is 0 Å². The number of hydrogen-bond acceptors (Lipinski definition) is 3. The lowest BCUT2D eigenvalue weighted by molar-refractivity contribution is 0.223. The van der Waals surface area contributed by atoms with Gasteiger partial charge in [-0.15, -0.1) is 0 Å². The van der Waals surface area contributed by atoms with Crippen molar-refractivity contribution in [3.05, 3.63) is 24.2 Å². The Morgan fingerprint density at radius 2 is 2.13 bits per heavy atom. The fraction of sp³-hybridized carbons (Fsp3) is 0.667. The minimum absolute atomic E-state index is 0.179. The van der Waals surface area contributed by atoms with E-state index in [9.17, 15) is 0 Å². The topological polar surface area (TPSA) is 51.2 Å². The molecule has 3 heteroatoms. The first kappa shape index (κ1) is 12.3. The summed E-state index contributed by atoms with van der Waals surface area (Å²) in [7, 11) is 0. The molecule has 0 aliphatic rings. The van der Waals surface area contributed by atoms with Crippen LogP contribution in [0.2, 0.25) is 0 Å². The van der Waals surface area contributed by atoms with E-state index in [0.29, 0.717) is 11.3 Å². The van der Waals surface area contributed by atoms with Gasteiger partial charge in [0.15, 0.2) is 0 Å². The van der Waals surface area contributed by atoms with Crippen molar-refractivity contribution in [1.82, 2.24) is 5.43 Å². The molecule has 1 aromatic rings. The molecule has 0 aliphatic carbocycles. The Labute approximate surface area is 92.0 Å². The highest BCUT2D eigenvalue weighted by Crippen LogP contribution is 2.32. The summed E-state index contributed by atoms with van der Waals surface area (Å²) in [6.07, 6.45) is 4.45. The van der Waals surface area contributed by atoms with E-state index in [1.54, 1.807) is 12.5 Å². The van der Waals surface area contributed by atoms with Crippen LogP contribution in [0.5, 0.6) is 0 Å². The summed E-state index contributed by atoms with van der Waals surface area (Å²) < 4.78 is 5.07. The molecule has 2 unspecified atom stereocenters. The van der Waals surface area contributed by atoms with Crippen molar-refractivity contribution in [3.63, 3.8) is 0 Å². The smallest absolute Gasteiger partial charge is 0.0950 e. The van der Waals surface area contributed by atoms with E-state index >= 15 is 0 Å². The summed E-state index contributed by atoms with van der Waals surface area (Å²) in [5.74, 6) is 6.16. The molecular formula is C12H22N2O. The Balaban J connectivity index is 2.63. The number of hydrazine groups is 1. The molecule has 0 amide bonds. The highest BCUT2D eigenvalue weighted by atomic mass is 16.3. The van der Waals surface area contributed by atoms with Crippen LogP contribution in [0.4, 0.5) is 0 Å². The van der Waals surface area contributed by atoms with Gasteiger partial charge < -0.3 is 4.42 Å². The van der Waals surface area contributed by atoms with Gasteiger partial charge in [0.1, 0.15) is 0 Å². The van der Waals surface area contributed by atoms with Crippen molar-refractivity contribution in [2.75, 3.05) is 0 Å². The van der Waals surface area contributed by atoms with Gasteiger partial charge in [-0.2, -0.15) is 0 Å². The van der Waals surface area contributed by atoms with Crippen molar-refractivity contribution < 1.29 is 4.42 Å². The Morgan fingerprint density at radius 3 is 2.53 bits per heavy atom. The monoisotopic (exact) mass is 210 g/mol. The third kappa shape index (κ3) is 3.36. The third-order valence-electron chi connectivity index (χ3n) is 3.21.